The van der Waals surface area contributed by atoms with Crippen LogP contribution >= 0.6 is 11.3 Å². The molecular weight excluding hydrogens is 658 g/mol. The van der Waals surface area contributed by atoms with Crippen LogP contribution < -0.4 is 17.0 Å². The second kappa shape index (κ2) is 14.1. The third-order valence-corrected chi connectivity index (χ3v) is 9.56. The Bertz CT molecular complexity index is 2500. The first-order valence-corrected chi connectivity index (χ1v) is 16.7. The van der Waals surface area contributed by atoms with Crippen LogP contribution in [0.15, 0.2) is 133 Å². The van der Waals surface area contributed by atoms with Crippen LogP contribution in [0, 0.1) is 5.82 Å². The summed E-state index contributed by atoms with van der Waals surface area (Å²) in [4.78, 5) is 49.6. The number of hydrogen-bond donors (Lipinski definition) is 1. The standard InChI is InChI=1S/C38H30FN5O5S/c1-2-29-20-32-35(45)43(22-33(27-16-18-28(39)19-17-27)41-48-23-25-8-4-3-5-9-25)38(47)44(36(32)50-29)21-24-12-14-26(15-13-24)30-10-6-7-11-31(30)34-40-37(46)49-42-34/h3-20H,2,21-23H2,1H3,(H,40,42,46)/b41-33-. The molecule has 0 bridgehead atoms. The summed E-state index contributed by atoms with van der Waals surface area (Å²) in [5, 5.41) is 8.61. The Hall–Kier alpha value is -6.14. The normalized spacial score (nSPS) is 11.7. The van der Waals surface area contributed by atoms with Crippen LogP contribution in [0.3, 0.4) is 0 Å². The van der Waals surface area contributed by atoms with Gasteiger partial charge in [0.1, 0.15) is 23.0 Å². The predicted octanol–water partition coefficient (Wildman–Crippen LogP) is 6.61. The number of fused-ring (bicyclic) bond motifs is 1. The summed E-state index contributed by atoms with van der Waals surface area (Å²) in [6.45, 7) is 2.18. The summed E-state index contributed by atoms with van der Waals surface area (Å²) in [5.74, 6) is -0.740. The minimum Gasteiger partial charge on any atom is -0.391 e. The highest BCUT2D eigenvalue weighted by molar-refractivity contribution is 7.18. The Kier molecular flexibility index (Phi) is 9.17. The van der Waals surface area contributed by atoms with Crippen molar-refractivity contribution in [1.29, 1.82) is 0 Å². The zero-order chi connectivity index (χ0) is 34.6. The molecule has 0 aliphatic rings. The molecule has 50 heavy (non-hydrogen) atoms. The van der Waals surface area contributed by atoms with Gasteiger partial charge < -0.3 is 4.84 Å². The number of oxime groups is 1. The van der Waals surface area contributed by atoms with Gasteiger partial charge in [0, 0.05) is 16.0 Å². The van der Waals surface area contributed by atoms with E-state index < -0.39 is 22.8 Å². The van der Waals surface area contributed by atoms with E-state index in [1.807, 2.05) is 91.9 Å². The maximum atomic E-state index is 14.2. The van der Waals surface area contributed by atoms with E-state index in [9.17, 15) is 18.8 Å². The van der Waals surface area contributed by atoms with Gasteiger partial charge in [0.15, 0.2) is 5.82 Å². The maximum Gasteiger partial charge on any atom is 0.439 e. The molecule has 0 unspecified atom stereocenters. The summed E-state index contributed by atoms with van der Waals surface area (Å²) in [5.41, 5.74) is 4.01. The molecular formula is C38H30FN5O5S. The molecule has 0 aliphatic carbocycles. The molecule has 0 spiro atoms. The van der Waals surface area contributed by atoms with E-state index in [2.05, 4.69) is 15.3 Å². The molecule has 4 aromatic carbocycles. The summed E-state index contributed by atoms with van der Waals surface area (Å²) in [6, 6.07) is 32.2. The number of aryl methyl sites for hydroxylation is 1. The molecule has 7 aromatic rings. The number of aromatic nitrogens is 4. The number of H-pyrrole nitrogens is 1. The second-order valence-corrected chi connectivity index (χ2v) is 12.7. The molecule has 0 atom stereocenters. The quantitative estimate of drug-likeness (QED) is 0.121. The third kappa shape index (κ3) is 6.74. The van der Waals surface area contributed by atoms with Crippen molar-refractivity contribution in [3.8, 4) is 22.5 Å². The van der Waals surface area contributed by atoms with E-state index in [1.54, 1.807) is 16.7 Å². The van der Waals surface area contributed by atoms with Crippen LogP contribution in [0.4, 0.5) is 4.39 Å². The fraction of sp³-hybridized carbons (Fsp3) is 0.132. The van der Waals surface area contributed by atoms with Crippen LogP contribution in [0.1, 0.15) is 28.5 Å². The Morgan fingerprint density at radius 3 is 2.30 bits per heavy atom. The molecule has 7 rings (SSSR count). The van der Waals surface area contributed by atoms with Gasteiger partial charge in [0.25, 0.3) is 5.56 Å². The highest BCUT2D eigenvalue weighted by Gasteiger charge is 2.19. The van der Waals surface area contributed by atoms with Crippen molar-refractivity contribution in [1.82, 2.24) is 19.3 Å². The largest absolute Gasteiger partial charge is 0.439 e. The van der Waals surface area contributed by atoms with Crippen molar-refractivity contribution in [3.63, 3.8) is 0 Å². The molecule has 10 nitrogen and oxygen atoms in total. The Morgan fingerprint density at radius 2 is 1.60 bits per heavy atom. The number of rotatable bonds is 11. The number of thiophene rings is 1. The molecule has 1 N–H and O–H groups in total. The van der Waals surface area contributed by atoms with Gasteiger partial charge in [0.2, 0.25) is 0 Å². The van der Waals surface area contributed by atoms with E-state index in [0.717, 1.165) is 31.7 Å². The lowest BCUT2D eigenvalue weighted by Gasteiger charge is -2.14. The number of benzene rings is 4. The highest BCUT2D eigenvalue weighted by Crippen LogP contribution is 2.30. The number of aromatic amines is 1. The summed E-state index contributed by atoms with van der Waals surface area (Å²) < 4.78 is 21.4. The number of nitrogens with one attached hydrogen (secondary N) is 1. The summed E-state index contributed by atoms with van der Waals surface area (Å²) in [6.07, 6.45) is 0.702. The van der Waals surface area contributed by atoms with Crippen molar-refractivity contribution >= 4 is 27.3 Å². The molecule has 0 saturated heterocycles. The lowest BCUT2D eigenvalue weighted by atomic mass is 9.98. The van der Waals surface area contributed by atoms with Crippen LogP contribution in [0.2, 0.25) is 0 Å². The average Bonchev–Trinajstić information content (AvgIpc) is 3.79. The topological polar surface area (TPSA) is 124 Å². The molecule has 0 fully saturated rings. The fourth-order valence-electron chi connectivity index (χ4n) is 5.69. The lowest BCUT2D eigenvalue weighted by Crippen LogP contribution is -2.41. The Balaban J connectivity index is 1.25. The van der Waals surface area contributed by atoms with Gasteiger partial charge in [0.05, 0.1) is 18.5 Å². The predicted molar refractivity (Wildman–Crippen MR) is 191 cm³/mol. The van der Waals surface area contributed by atoms with Crippen molar-refractivity contribution in [2.24, 2.45) is 5.16 Å². The molecule has 3 heterocycles. The van der Waals surface area contributed by atoms with Crippen LogP contribution in [-0.2, 0) is 31.0 Å². The molecule has 250 valence electrons. The van der Waals surface area contributed by atoms with Crippen molar-refractivity contribution in [2.45, 2.75) is 33.0 Å². The van der Waals surface area contributed by atoms with Gasteiger partial charge in [-0.3, -0.25) is 23.4 Å². The highest BCUT2D eigenvalue weighted by atomic mass is 32.1. The minimum atomic E-state index is -0.640. The zero-order valence-electron chi connectivity index (χ0n) is 26.8. The molecule has 0 amide bonds. The second-order valence-electron chi connectivity index (χ2n) is 11.5. The van der Waals surface area contributed by atoms with Gasteiger partial charge in [-0.25, -0.2) is 14.0 Å². The summed E-state index contributed by atoms with van der Waals surface area (Å²) in [7, 11) is 0. The zero-order valence-corrected chi connectivity index (χ0v) is 27.7. The number of nitrogens with zero attached hydrogens (tertiary/aromatic N) is 4. The maximum absolute atomic E-state index is 14.2. The van der Waals surface area contributed by atoms with Crippen LogP contribution in [0.5, 0.6) is 0 Å². The SMILES string of the molecule is CCc1cc2c(=O)n(C/C(=N/OCc3ccccc3)c3ccc(F)cc3)c(=O)n(Cc3ccc(-c4ccccc4-c4noc(=O)[nH]4)cc3)c2s1. The first-order valence-electron chi connectivity index (χ1n) is 15.9. The van der Waals surface area contributed by atoms with E-state index >= 15 is 0 Å². The van der Waals surface area contributed by atoms with E-state index in [-0.39, 0.29) is 19.7 Å². The molecule has 0 saturated carbocycles. The van der Waals surface area contributed by atoms with Crippen LogP contribution in [-0.4, -0.2) is 25.0 Å². The average molecular weight is 688 g/mol. The Labute approximate surface area is 288 Å². The van der Waals surface area contributed by atoms with Crippen molar-refractivity contribution in [3.05, 3.63) is 168 Å². The number of halogens is 1. The third-order valence-electron chi connectivity index (χ3n) is 8.26. The van der Waals surface area contributed by atoms with Crippen molar-refractivity contribution in [2.75, 3.05) is 0 Å². The number of hydrogen-bond acceptors (Lipinski definition) is 8. The molecule has 0 radical (unpaired) electrons. The van der Waals surface area contributed by atoms with E-state index in [1.165, 1.54) is 23.5 Å². The van der Waals surface area contributed by atoms with Gasteiger partial charge in [-0.15, -0.1) is 11.3 Å². The smallest absolute Gasteiger partial charge is 0.391 e. The minimum absolute atomic E-state index is 0.172. The van der Waals surface area contributed by atoms with E-state index in [4.69, 9.17) is 9.36 Å². The first-order chi connectivity index (χ1) is 24.4. The van der Waals surface area contributed by atoms with Gasteiger partial charge in [-0.1, -0.05) is 108 Å². The fourth-order valence-corrected chi connectivity index (χ4v) is 6.76. The van der Waals surface area contributed by atoms with E-state index in [0.29, 0.717) is 39.3 Å². The molecule has 12 heteroatoms. The molecule has 0 aliphatic heterocycles. The molecule has 3 aromatic heterocycles. The van der Waals surface area contributed by atoms with Crippen LogP contribution in [0.25, 0.3) is 32.7 Å². The van der Waals surface area contributed by atoms with Crippen molar-refractivity contribution < 1.29 is 13.8 Å². The first kappa shape index (κ1) is 32.4. The monoisotopic (exact) mass is 687 g/mol. The van der Waals surface area contributed by atoms with Gasteiger partial charge >= 0.3 is 11.4 Å². The Morgan fingerprint density at radius 1 is 0.880 bits per heavy atom. The van der Waals surface area contributed by atoms with Gasteiger partial charge in [-0.2, -0.15) is 0 Å². The summed E-state index contributed by atoms with van der Waals surface area (Å²) >= 11 is 1.42. The van der Waals surface area contributed by atoms with Gasteiger partial charge in [-0.05, 0) is 46.9 Å². The lowest BCUT2D eigenvalue weighted by molar-refractivity contribution is 0.130.